The van der Waals surface area contributed by atoms with Gasteiger partial charge in [-0.05, 0) is 32.0 Å². The van der Waals surface area contributed by atoms with Crippen LogP contribution in [0.4, 0.5) is 0 Å². The first-order chi connectivity index (χ1) is 6.13. The van der Waals surface area contributed by atoms with Crippen LogP contribution in [0.15, 0.2) is 18.2 Å². The zero-order chi connectivity index (χ0) is 9.84. The third-order valence-electron chi connectivity index (χ3n) is 1.56. The molecule has 0 amide bonds. The topological polar surface area (TPSA) is 29.5 Å². The lowest BCUT2D eigenvalue weighted by atomic mass is 10.2. The number of ether oxygens (including phenoxy) is 1. The summed E-state index contributed by atoms with van der Waals surface area (Å²) < 4.78 is 5.47. The molecule has 0 bridgehead atoms. The van der Waals surface area contributed by atoms with Crippen molar-refractivity contribution in [2.45, 2.75) is 26.6 Å². The van der Waals surface area contributed by atoms with Crippen molar-refractivity contribution in [3.63, 3.8) is 0 Å². The standard InChI is InChI=1S/C10H13ClO2/c1-7(2)13-10-4-3-9(11)5-8(10)6-12/h3-5,7,12H,6H2,1-2H3. The van der Waals surface area contributed by atoms with Gasteiger partial charge < -0.3 is 9.84 Å². The molecule has 72 valence electrons. The van der Waals surface area contributed by atoms with Gasteiger partial charge in [0.1, 0.15) is 5.75 Å². The Balaban J connectivity index is 2.92. The van der Waals surface area contributed by atoms with Crippen molar-refractivity contribution in [3.05, 3.63) is 28.8 Å². The maximum Gasteiger partial charge on any atom is 0.125 e. The Labute approximate surface area is 83.1 Å². The van der Waals surface area contributed by atoms with Gasteiger partial charge >= 0.3 is 0 Å². The smallest absolute Gasteiger partial charge is 0.125 e. The van der Waals surface area contributed by atoms with Crippen LogP contribution in [0.25, 0.3) is 0 Å². The quantitative estimate of drug-likeness (QED) is 0.813. The Hall–Kier alpha value is -0.730. The second kappa shape index (κ2) is 4.49. The molecule has 1 aromatic rings. The second-order valence-corrected chi connectivity index (χ2v) is 3.51. The van der Waals surface area contributed by atoms with Crippen molar-refractivity contribution < 1.29 is 9.84 Å². The molecule has 13 heavy (non-hydrogen) atoms. The molecule has 0 atom stereocenters. The first-order valence-electron chi connectivity index (χ1n) is 4.19. The van der Waals surface area contributed by atoms with Gasteiger partial charge in [0.05, 0.1) is 12.7 Å². The van der Waals surface area contributed by atoms with Gasteiger partial charge in [-0.25, -0.2) is 0 Å². The van der Waals surface area contributed by atoms with Crippen molar-refractivity contribution in [2.75, 3.05) is 0 Å². The molecule has 3 heteroatoms. The summed E-state index contributed by atoms with van der Waals surface area (Å²) in [5.41, 5.74) is 0.723. The van der Waals surface area contributed by atoms with Crippen LogP contribution < -0.4 is 4.74 Å². The molecule has 1 N–H and O–H groups in total. The third kappa shape index (κ3) is 2.90. The Bertz CT molecular complexity index is 284. The molecule has 0 heterocycles. The van der Waals surface area contributed by atoms with E-state index in [4.69, 9.17) is 21.4 Å². The Morgan fingerprint density at radius 2 is 2.15 bits per heavy atom. The van der Waals surface area contributed by atoms with Crippen LogP contribution >= 0.6 is 11.6 Å². The van der Waals surface area contributed by atoms with Crippen molar-refractivity contribution in [1.29, 1.82) is 0 Å². The van der Waals surface area contributed by atoms with Crippen LogP contribution in [0.2, 0.25) is 5.02 Å². The highest BCUT2D eigenvalue weighted by Gasteiger charge is 2.04. The average Bonchev–Trinajstić information content (AvgIpc) is 2.07. The molecular weight excluding hydrogens is 188 g/mol. The van der Waals surface area contributed by atoms with Gasteiger partial charge in [-0.1, -0.05) is 11.6 Å². The van der Waals surface area contributed by atoms with E-state index in [1.165, 1.54) is 0 Å². The molecule has 2 nitrogen and oxygen atoms in total. The number of hydrogen-bond acceptors (Lipinski definition) is 2. The maximum absolute atomic E-state index is 9.02. The summed E-state index contributed by atoms with van der Waals surface area (Å²) in [4.78, 5) is 0. The number of hydrogen-bond donors (Lipinski definition) is 1. The average molecular weight is 201 g/mol. The lowest BCUT2D eigenvalue weighted by molar-refractivity contribution is 0.225. The van der Waals surface area contributed by atoms with E-state index in [0.717, 1.165) is 5.56 Å². The fourth-order valence-corrected chi connectivity index (χ4v) is 1.24. The normalized spacial score (nSPS) is 10.5. The van der Waals surface area contributed by atoms with E-state index in [-0.39, 0.29) is 12.7 Å². The maximum atomic E-state index is 9.02. The molecule has 0 spiro atoms. The van der Waals surface area contributed by atoms with Crippen LogP contribution in [-0.2, 0) is 6.61 Å². The minimum absolute atomic E-state index is 0.0530. The Morgan fingerprint density at radius 3 is 2.69 bits per heavy atom. The summed E-state index contributed by atoms with van der Waals surface area (Å²) in [7, 11) is 0. The third-order valence-corrected chi connectivity index (χ3v) is 1.79. The van der Waals surface area contributed by atoms with Crippen LogP contribution in [-0.4, -0.2) is 11.2 Å². The molecule has 0 aromatic heterocycles. The summed E-state index contributed by atoms with van der Waals surface area (Å²) in [5, 5.41) is 9.63. The molecule has 0 aliphatic carbocycles. The van der Waals surface area contributed by atoms with E-state index in [2.05, 4.69) is 0 Å². The van der Waals surface area contributed by atoms with Gasteiger partial charge in [-0.2, -0.15) is 0 Å². The van der Waals surface area contributed by atoms with Crippen molar-refractivity contribution in [1.82, 2.24) is 0 Å². The van der Waals surface area contributed by atoms with E-state index in [1.54, 1.807) is 18.2 Å². The van der Waals surface area contributed by atoms with Gasteiger partial charge in [0.2, 0.25) is 0 Å². The number of halogens is 1. The Morgan fingerprint density at radius 1 is 1.46 bits per heavy atom. The zero-order valence-corrected chi connectivity index (χ0v) is 8.51. The number of benzene rings is 1. The highest BCUT2D eigenvalue weighted by atomic mass is 35.5. The Kier molecular flexibility index (Phi) is 3.58. The number of aliphatic hydroxyl groups is 1. The number of rotatable bonds is 3. The molecule has 1 rings (SSSR count). The van der Waals surface area contributed by atoms with Crippen molar-refractivity contribution in [3.8, 4) is 5.75 Å². The van der Waals surface area contributed by atoms with Gasteiger partial charge in [-0.15, -0.1) is 0 Å². The van der Waals surface area contributed by atoms with Crippen molar-refractivity contribution in [2.24, 2.45) is 0 Å². The van der Waals surface area contributed by atoms with Crippen LogP contribution in [0.3, 0.4) is 0 Å². The first kappa shape index (κ1) is 10.4. The molecular formula is C10H13ClO2. The largest absolute Gasteiger partial charge is 0.491 e. The molecule has 1 aromatic carbocycles. The SMILES string of the molecule is CC(C)Oc1ccc(Cl)cc1CO. The molecule has 0 saturated carbocycles. The van der Waals surface area contributed by atoms with E-state index in [0.29, 0.717) is 10.8 Å². The van der Waals surface area contributed by atoms with E-state index in [1.807, 2.05) is 13.8 Å². The summed E-state index contributed by atoms with van der Waals surface area (Å²) in [6.45, 7) is 3.83. The van der Waals surface area contributed by atoms with E-state index < -0.39 is 0 Å². The fraction of sp³-hybridized carbons (Fsp3) is 0.400. The van der Waals surface area contributed by atoms with Crippen LogP contribution in [0.5, 0.6) is 5.75 Å². The van der Waals surface area contributed by atoms with Gasteiger partial charge in [0.25, 0.3) is 0 Å². The lowest BCUT2D eigenvalue weighted by Crippen LogP contribution is -2.07. The van der Waals surface area contributed by atoms with Crippen LogP contribution in [0.1, 0.15) is 19.4 Å². The van der Waals surface area contributed by atoms with E-state index >= 15 is 0 Å². The van der Waals surface area contributed by atoms with Gasteiger partial charge in [0, 0.05) is 10.6 Å². The predicted molar refractivity (Wildman–Crippen MR) is 53.1 cm³/mol. The molecule has 0 fully saturated rings. The van der Waals surface area contributed by atoms with Gasteiger partial charge in [-0.3, -0.25) is 0 Å². The minimum atomic E-state index is -0.0530. The van der Waals surface area contributed by atoms with E-state index in [9.17, 15) is 0 Å². The minimum Gasteiger partial charge on any atom is -0.491 e. The second-order valence-electron chi connectivity index (χ2n) is 3.08. The first-order valence-corrected chi connectivity index (χ1v) is 4.57. The molecule has 0 aliphatic rings. The summed E-state index contributed by atoms with van der Waals surface area (Å²) in [6.07, 6.45) is 0.103. The number of aliphatic hydroxyl groups excluding tert-OH is 1. The van der Waals surface area contributed by atoms with Gasteiger partial charge in [0.15, 0.2) is 0 Å². The lowest BCUT2D eigenvalue weighted by Gasteiger charge is -2.12. The molecule has 0 unspecified atom stereocenters. The molecule has 0 aliphatic heterocycles. The van der Waals surface area contributed by atoms with Crippen LogP contribution in [0, 0.1) is 0 Å². The fourth-order valence-electron chi connectivity index (χ4n) is 1.04. The predicted octanol–water partition coefficient (Wildman–Crippen LogP) is 2.62. The summed E-state index contributed by atoms with van der Waals surface area (Å²) >= 11 is 5.77. The summed E-state index contributed by atoms with van der Waals surface area (Å²) in [6, 6.07) is 5.23. The summed E-state index contributed by atoms with van der Waals surface area (Å²) in [5.74, 6) is 0.696. The molecule has 0 radical (unpaired) electrons. The zero-order valence-electron chi connectivity index (χ0n) is 7.75. The highest BCUT2D eigenvalue weighted by Crippen LogP contribution is 2.23. The monoisotopic (exact) mass is 200 g/mol. The highest BCUT2D eigenvalue weighted by molar-refractivity contribution is 6.30. The molecule has 0 saturated heterocycles. The van der Waals surface area contributed by atoms with Crippen molar-refractivity contribution >= 4 is 11.6 Å².